The number of hydrogen-bond acceptors (Lipinski definition) is 2. The Morgan fingerprint density at radius 2 is 1.94 bits per heavy atom. The molecule has 2 rings (SSSR count). The first-order valence-electron chi connectivity index (χ1n) is 7.22. The monoisotopic (exact) mass is 238 g/mol. The molecule has 2 fully saturated rings. The maximum atomic E-state index is 12.2. The van der Waals surface area contributed by atoms with Crippen LogP contribution in [0.3, 0.4) is 0 Å². The average molecular weight is 238 g/mol. The highest BCUT2D eigenvalue weighted by Gasteiger charge is 2.33. The van der Waals surface area contributed by atoms with Gasteiger partial charge in [0.1, 0.15) is 0 Å². The standard InChI is InChI=1S/C14H26N2O/c1-10(11-5-2-3-6-11)16-14(17)13-8-4-7-12(13)9-15/h10-13H,2-9,15H2,1H3,(H,16,17)/t10-,12?,13?/m1/s1. The minimum Gasteiger partial charge on any atom is -0.353 e. The molecule has 0 aromatic heterocycles. The molecule has 0 saturated heterocycles. The first kappa shape index (κ1) is 12.9. The van der Waals surface area contributed by atoms with E-state index >= 15 is 0 Å². The minimum absolute atomic E-state index is 0.184. The van der Waals surface area contributed by atoms with Crippen LogP contribution in [0, 0.1) is 17.8 Å². The van der Waals surface area contributed by atoms with Crippen molar-refractivity contribution in [1.82, 2.24) is 5.32 Å². The number of carbonyl (C=O) groups excluding carboxylic acids is 1. The first-order chi connectivity index (χ1) is 8.22. The van der Waals surface area contributed by atoms with E-state index in [1.165, 1.54) is 25.7 Å². The van der Waals surface area contributed by atoms with Crippen molar-refractivity contribution in [3.05, 3.63) is 0 Å². The first-order valence-corrected chi connectivity index (χ1v) is 7.22. The Labute approximate surface area is 105 Å². The smallest absolute Gasteiger partial charge is 0.223 e. The molecule has 0 heterocycles. The van der Waals surface area contributed by atoms with Gasteiger partial charge in [-0.2, -0.15) is 0 Å². The summed E-state index contributed by atoms with van der Waals surface area (Å²) < 4.78 is 0. The van der Waals surface area contributed by atoms with Gasteiger partial charge in [-0.25, -0.2) is 0 Å². The van der Waals surface area contributed by atoms with Crippen LogP contribution >= 0.6 is 0 Å². The van der Waals surface area contributed by atoms with E-state index in [0.29, 0.717) is 24.4 Å². The number of nitrogens with two attached hydrogens (primary N) is 1. The summed E-state index contributed by atoms with van der Waals surface area (Å²) in [5, 5.41) is 3.23. The van der Waals surface area contributed by atoms with Gasteiger partial charge in [0.05, 0.1) is 0 Å². The lowest BCUT2D eigenvalue weighted by Crippen LogP contribution is -2.42. The van der Waals surface area contributed by atoms with E-state index < -0.39 is 0 Å². The summed E-state index contributed by atoms with van der Waals surface area (Å²) in [5.41, 5.74) is 5.73. The number of amides is 1. The van der Waals surface area contributed by atoms with Gasteiger partial charge in [0, 0.05) is 12.0 Å². The van der Waals surface area contributed by atoms with Gasteiger partial charge in [-0.1, -0.05) is 19.3 Å². The minimum atomic E-state index is 0.184. The van der Waals surface area contributed by atoms with E-state index in [4.69, 9.17) is 5.73 Å². The molecule has 3 atom stereocenters. The fraction of sp³-hybridized carbons (Fsp3) is 0.929. The topological polar surface area (TPSA) is 55.1 Å². The van der Waals surface area contributed by atoms with Crippen LogP contribution in [0.4, 0.5) is 0 Å². The van der Waals surface area contributed by atoms with Gasteiger partial charge in [-0.3, -0.25) is 4.79 Å². The van der Waals surface area contributed by atoms with E-state index in [0.717, 1.165) is 19.3 Å². The van der Waals surface area contributed by atoms with Gasteiger partial charge < -0.3 is 11.1 Å². The molecule has 2 aliphatic carbocycles. The largest absolute Gasteiger partial charge is 0.353 e. The van der Waals surface area contributed by atoms with E-state index in [2.05, 4.69) is 12.2 Å². The Balaban J connectivity index is 1.83. The van der Waals surface area contributed by atoms with Crippen LogP contribution in [-0.2, 0) is 4.79 Å². The number of carbonyl (C=O) groups is 1. The van der Waals surface area contributed by atoms with E-state index in [9.17, 15) is 4.79 Å². The van der Waals surface area contributed by atoms with Crippen LogP contribution in [0.2, 0.25) is 0 Å². The third kappa shape index (κ3) is 3.01. The molecule has 17 heavy (non-hydrogen) atoms. The molecule has 2 saturated carbocycles. The van der Waals surface area contributed by atoms with Gasteiger partial charge in [-0.15, -0.1) is 0 Å². The number of hydrogen-bond donors (Lipinski definition) is 2. The predicted molar refractivity (Wildman–Crippen MR) is 69.4 cm³/mol. The number of nitrogens with one attached hydrogen (secondary N) is 1. The quantitative estimate of drug-likeness (QED) is 0.787. The second kappa shape index (κ2) is 5.85. The van der Waals surface area contributed by atoms with Gasteiger partial charge >= 0.3 is 0 Å². The third-order valence-corrected chi connectivity index (χ3v) is 4.78. The van der Waals surface area contributed by atoms with Crippen molar-refractivity contribution in [2.75, 3.05) is 6.54 Å². The highest BCUT2D eigenvalue weighted by Crippen LogP contribution is 2.32. The van der Waals surface area contributed by atoms with Crippen molar-refractivity contribution in [3.63, 3.8) is 0 Å². The molecule has 98 valence electrons. The summed E-state index contributed by atoms with van der Waals surface area (Å²) >= 11 is 0. The van der Waals surface area contributed by atoms with Gasteiger partial charge in [0.25, 0.3) is 0 Å². The molecule has 3 nitrogen and oxygen atoms in total. The summed E-state index contributed by atoms with van der Waals surface area (Å²) in [6.45, 7) is 2.83. The van der Waals surface area contributed by atoms with Crippen LogP contribution in [-0.4, -0.2) is 18.5 Å². The predicted octanol–water partition coefficient (Wildman–Crippen LogP) is 2.06. The zero-order valence-corrected chi connectivity index (χ0v) is 11.0. The van der Waals surface area contributed by atoms with Crippen LogP contribution < -0.4 is 11.1 Å². The summed E-state index contributed by atoms with van der Waals surface area (Å²) in [7, 11) is 0. The van der Waals surface area contributed by atoms with Crippen molar-refractivity contribution >= 4 is 5.91 Å². The highest BCUT2D eigenvalue weighted by molar-refractivity contribution is 5.79. The van der Waals surface area contributed by atoms with Crippen molar-refractivity contribution in [2.45, 2.75) is 57.9 Å². The molecular formula is C14H26N2O. The van der Waals surface area contributed by atoms with Gasteiger partial charge in [0.2, 0.25) is 5.91 Å². The Morgan fingerprint density at radius 1 is 1.24 bits per heavy atom. The Morgan fingerprint density at radius 3 is 2.59 bits per heavy atom. The van der Waals surface area contributed by atoms with Crippen molar-refractivity contribution in [3.8, 4) is 0 Å². The molecule has 2 unspecified atom stereocenters. The molecule has 0 aromatic carbocycles. The molecule has 3 heteroatoms. The maximum Gasteiger partial charge on any atom is 0.223 e. The molecule has 0 aromatic rings. The van der Waals surface area contributed by atoms with Gasteiger partial charge in [0.15, 0.2) is 0 Å². The Bertz CT molecular complexity index is 261. The maximum absolute atomic E-state index is 12.2. The van der Waals surface area contributed by atoms with Crippen molar-refractivity contribution < 1.29 is 4.79 Å². The fourth-order valence-corrected chi connectivity index (χ4v) is 3.57. The second-order valence-electron chi connectivity index (χ2n) is 5.87. The molecule has 2 aliphatic rings. The van der Waals surface area contributed by atoms with Crippen LogP contribution in [0.15, 0.2) is 0 Å². The molecule has 0 spiro atoms. The Hall–Kier alpha value is -0.570. The summed E-state index contributed by atoms with van der Waals surface area (Å²) in [6, 6.07) is 0.351. The average Bonchev–Trinajstić information content (AvgIpc) is 2.99. The fourth-order valence-electron chi connectivity index (χ4n) is 3.57. The summed E-state index contributed by atoms with van der Waals surface area (Å²) in [6.07, 6.45) is 8.56. The Kier molecular flexibility index (Phi) is 4.43. The highest BCUT2D eigenvalue weighted by atomic mass is 16.2. The van der Waals surface area contributed by atoms with Crippen molar-refractivity contribution in [2.24, 2.45) is 23.5 Å². The lowest BCUT2D eigenvalue weighted by molar-refractivity contribution is -0.126. The van der Waals surface area contributed by atoms with Crippen molar-refractivity contribution in [1.29, 1.82) is 0 Å². The normalized spacial score (nSPS) is 31.6. The molecule has 1 amide bonds. The third-order valence-electron chi connectivity index (χ3n) is 4.78. The summed E-state index contributed by atoms with van der Waals surface area (Å²) in [5.74, 6) is 1.57. The van der Waals surface area contributed by atoms with Crippen LogP contribution in [0.1, 0.15) is 51.9 Å². The molecule has 0 radical (unpaired) electrons. The molecular weight excluding hydrogens is 212 g/mol. The van der Waals surface area contributed by atoms with Crippen LogP contribution in [0.5, 0.6) is 0 Å². The lowest BCUT2D eigenvalue weighted by atomic mass is 9.93. The molecule has 0 bridgehead atoms. The number of rotatable bonds is 4. The van der Waals surface area contributed by atoms with E-state index in [1.807, 2.05) is 0 Å². The SMILES string of the molecule is C[C@@H](NC(=O)C1CCCC1CN)C1CCCC1. The van der Waals surface area contributed by atoms with Gasteiger partial charge in [-0.05, 0) is 51.0 Å². The molecule has 0 aliphatic heterocycles. The second-order valence-corrected chi connectivity index (χ2v) is 5.87. The van der Waals surface area contributed by atoms with E-state index in [-0.39, 0.29) is 11.8 Å². The summed E-state index contributed by atoms with van der Waals surface area (Å²) in [4.78, 5) is 12.2. The van der Waals surface area contributed by atoms with Crippen LogP contribution in [0.25, 0.3) is 0 Å². The zero-order valence-electron chi connectivity index (χ0n) is 11.0. The lowest BCUT2D eigenvalue weighted by Gasteiger charge is -2.24. The zero-order chi connectivity index (χ0) is 12.3. The van der Waals surface area contributed by atoms with E-state index in [1.54, 1.807) is 0 Å². The molecule has 3 N–H and O–H groups in total.